The number of nitrogens with two attached hydrogens (primary N) is 3. The number of fused-ring (bicyclic) bond motifs is 1. The van der Waals surface area contributed by atoms with Crippen molar-refractivity contribution >= 4 is 70.1 Å². The van der Waals surface area contributed by atoms with Gasteiger partial charge in [0, 0.05) is 56.4 Å². The lowest BCUT2D eigenvalue weighted by Gasteiger charge is -2.33. The fourth-order valence-corrected chi connectivity index (χ4v) is 9.50. The number of hydrogen-bond acceptors (Lipinski definition) is 12. The molecule has 2 aliphatic rings. The molecule has 7 atom stereocenters. The first-order valence-electron chi connectivity index (χ1n) is 26.5. The van der Waals surface area contributed by atoms with E-state index in [1.165, 1.54) is 6.92 Å². The number of hydrogen-bond donors (Lipinski definition) is 12. The zero-order valence-electron chi connectivity index (χ0n) is 43.6. The number of nitrogens with one attached hydrogen (secondary N) is 9. The first-order valence-corrected chi connectivity index (χ1v) is 26.5. The predicted octanol–water partition coefficient (Wildman–Crippen LogP) is 0.688. The quantitative estimate of drug-likeness (QED) is 0.0535. The van der Waals surface area contributed by atoms with Crippen LogP contribution in [0.25, 0.3) is 10.9 Å². The second kappa shape index (κ2) is 30.7. The zero-order chi connectivity index (χ0) is 55.0. The minimum Gasteiger partial charge on any atom is -0.371 e. The smallest absolute Gasteiger partial charge is 0.324 e. The Hall–Kier alpha value is -7.56. The Labute approximate surface area is 442 Å². The summed E-state index contributed by atoms with van der Waals surface area (Å²) in [6, 6.07) is 7.50. The molecule has 0 spiro atoms. The van der Waals surface area contributed by atoms with E-state index >= 15 is 0 Å². The number of aromatic nitrogens is 1. The zero-order valence-corrected chi connectivity index (χ0v) is 43.6. The van der Waals surface area contributed by atoms with Gasteiger partial charge >= 0.3 is 5.97 Å². The minimum absolute atomic E-state index is 0.0267. The summed E-state index contributed by atoms with van der Waals surface area (Å²) in [5.74, 6) is -7.04. The lowest BCUT2D eigenvalue weighted by Crippen LogP contribution is -2.61. The van der Waals surface area contributed by atoms with Crippen molar-refractivity contribution in [3.05, 3.63) is 71.9 Å². The van der Waals surface area contributed by atoms with Gasteiger partial charge in [0.2, 0.25) is 47.3 Å². The van der Waals surface area contributed by atoms with Gasteiger partial charge in [-0.05, 0) is 80.9 Å². The highest BCUT2D eigenvalue weighted by Crippen LogP contribution is 2.27. The SMILES string of the molecule is CCCC[C@H](NC(C)=O)C(=O)N[C@H]1CCC(=O)ONCCCC[C@@H](C(N)=O)NC(=O)[C@H](Cc2c[nH]c3ccccc23)NC(=O)[C@H](CCCN=C(N)N)NC(=O)[C@@H](Cc2ccccc2)NC(=O)[C@H](C2CCCCC2)NC1=O. The van der Waals surface area contributed by atoms with Crippen LogP contribution in [-0.4, -0.2) is 120 Å². The topological polar surface area (TPSA) is 365 Å². The number of hydroxylamine groups is 1. The maximum atomic E-state index is 14.9. The molecule has 1 saturated carbocycles. The van der Waals surface area contributed by atoms with E-state index in [2.05, 4.69) is 52.7 Å². The summed E-state index contributed by atoms with van der Waals surface area (Å²) in [6.45, 7) is 3.41. The molecule has 0 radical (unpaired) electrons. The molecule has 23 nitrogen and oxygen atoms in total. The number of rotatable bonds is 16. The van der Waals surface area contributed by atoms with Crippen LogP contribution in [-0.2, 0) is 60.8 Å². The molecule has 1 aliphatic carbocycles. The lowest BCUT2D eigenvalue weighted by molar-refractivity contribution is -0.151. The van der Waals surface area contributed by atoms with E-state index < -0.39 is 101 Å². The molecular weight excluding hydrogens is 979 g/mol. The van der Waals surface area contributed by atoms with Gasteiger partial charge in [-0.1, -0.05) is 87.6 Å². The van der Waals surface area contributed by atoms with Gasteiger partial charge in [-0.2, -0.15) is 5.48 Å². The van der Waals surface area contributed by atoms with Gasteiger partial charge in [-0.3, -0.25) is 48.1 Å². The molecule has 3 aromatic rings. The third-order valence-corrected chi connectivity index (χ3v) is 13.6. The van der Waals surface area contributed by atoms with Gasteiger partial charge in [0.25, 0.3) is 0 Å². The van der Waals surface area contributed by atoms with Crippen molar-refractivity contribution in [2.75, 3.05) is 13.1 Å². The molecular formula is C53H77N13O10. The molecule has 414 valence electrons. The Kier molecular flexibility index (Phi) is 24.0. The fourth-order valence-electron chi connectivity index (χ4n) is 9.50. The molecule has 2 aromatic carbocycles. The number of primary amides is 1. The second-order valence-electron chi connectivity index (χ2n) is 19.6. The first kappa shape index (κ1) is 59.3. The third kappa shape index (κ3) is 19.3. The summed E-state index contributed by atoms with van der Waals surface area (Å²) in [7, 11) is 0. The Balaban J connectivity index is 1.54. The van der Waals surface area contributed by atoms with Crippen molar-refractivity contribution < 1.29 is 48.0 Å². The molecule has 2 fully saturated rings. The average Bonchev–Trinajstić information content (AvgIpc) is 3.81. The number of carbonyl (C=O) groups excluding carboxylic acids is 9. The number of nitrogens with zero attached hydrogens (tertiary/aromatic N) is 1. The monoisotopic (exact) mass is 1060 g/mol. The van der Waals surface area contributed by atoms with Crippen molar-refractivity contribution in [1.82, 2.24) is 47.7 Å². The van der Waals surface area contributed by atoms with Gasteiger partial charge in [0.1, 0.15) is 42.3 Å². The average molecular weight is 1060 g/mol. The number of amides is 8. The van der Waals surface area contributed by atoms with Crippen LogP contribution in [0.3, 0.4) is 0 Å². The molecule has 76 heavy (non-hydrogen) atoms. The number of aromatic amines is 1. The van der Waals surface area contributed by atoms with Crippen LogP contribution in [0.15, 0.2) is 65.8 Å². The van der Waals surface area contributed by atoms with E-state index in [1.807, 2.05) is 31.2 Å². The van der Waals surface area contributed by atoms with Gasteiger partial charge < -0.3 is 64.2 Å². The third-order valence-electron chi connectivity index (χ3n) is 13.6. The normalized spacial score (nSPS) is 22.9. The van der Waals surface area contributed by atoms with E-state index in [9.17, 15) is 43.2 Å². The predicted molar refractivity (Wildman–Crippen MR) is 284 cm³/mol. The molecule has 0 unspecified atom stereocenters. The van der Waals surface area contributed by atoms with Crippen LogP contribution >= 0.6 is 0 Å². The van der Waals surface area contributed by atoms with Crippen LogP contribution in [0.2, 0.25) is 0 Å². The Morgan fingerprint density at radius 1 is 0.724 bits per heavy atom. The van der Waals surface area contributed by atoms with E-state index in [4.69, 9.17) is 22.0 Å². The highest BCUT2D eigenvalue weighted by Gasteiger charge is 2.38. The van der Waals surface area contributed by atoms with Crippen LogP contribution in [0.5, 0.6) is 0 Å². The molecule has 1 aromatic heterocycles. The van der Waals surface area contributed by atoms with Gasteiger partial charge in [-0.15, -0.1) is 0 Å². The van der Waals surface area contributed by atoms with Gasteiger partial charge in [-0.25, -0.2) is 0 Å². The summed E-state index contributed by atoms with van der Waals surface area (Å²) in [6.07, 6.45) is 7.01. The summed E-state index contributed by atoms with van der Waals surface area (Å²) in [5, 5.41) is 20.2. The maximum absolute atomic E-state index is 14.9. The van der Waals surface area contributed by atoms with Crippen molar-refractivity contribution in [3.63, 3.8) is 0 Å². The van der Waals surface area contributed by atoms with Crippen LogP contribution in [0.4, 0.5) is 0 Å². The van der Waals surface area contributed by atoms with Crippen molar-refractivity contribution in [2.24, 2.45) is 28.1 Å². The van der Waals surface area contributed by atoms with Crippen molar-refractivity contribution in [3.8, 4) is 0 Å². The Morgan fingerprint density at radius 3 is 2.09 bits per heavy atom. The van der Waals surface area contributed by atoms with Crippen LogP contribution in [0, 0.1) is 5.92 Å². The molecule has 1 aliphatic heterocycles. The Bertz CT molecular complexity index is 2480. The summed E-state index contributed by atoms with van der Waals surface area (Å²) in [4.78, 5) is 138. The molecule has 5 rings (SSSR count). The molecule has 15 N–H and O–H groups in total. The summed E-state index contributed by atoms with van der Waals surface area (Å²) < 4.78 is 0. The number of para-hydroxylation sites is 1. The molecule has 23 heteroatoms. The van der Waals surface area contributed by atoms with Crippen molar-refractivity contribution in [2.45, 2.75) is 165 Å². The molecule has 2 heterocycles. The highest BCUT2D eigenvalue weighted by atomic mass is 16.7. The number of carbonyl (C=O) groups is 9. The molecule has 8 amide bonds. The first-order chi connectivity index (χ1) is 36.5. The van der Waals surface area contributed by atoms with E-state index in [1.54, 1.807) is 36.5 Å². The van der Waals surface area contributed by atoms with Crippen LogP contribution in [0.1, 0.15) is 121 Å². The maximum Gasteiger partial charge on any atom is 0.324 e. The van der Waals surface area contributed by atoms with Crippen molar-refractivity contribution in [1.29, 1.82) is 0 Å². The van der Waals surface area contributed by atoms with Gasteiger partial charge in [0.05, 0.1) is 0 Å². The van der Waals surface area contributed by atoms with Crippen LogP contribution < -0.4 is 59.9 Å². The number of aliphatic imine (C=N–C) groups is 1. The van der Waals surface area contributed by atoms with E-state index in [0.717, 1.165) is 36.6 Å². The molecule has 0 bridgehead atoms. The fraction of sp³-hybridized carbons (Fsp3) is 0.547. The highest BCUT2D eigenvalue weighted by molar-refractivity contribution is 5.98. The molecule has 1 saturated heterocycles. The standard InChI is InChI=1S/C53H77N13O10/c1-3-4-21-39(60-32(2)67)47(70)63-41-25-26-44(68)76-59-28-14-13-23-38(46(54)69)61-51(74)43(30-35-31-58-37-22-12-11-20-36(35)37)64-48(71)40(24-15-27-57-53(55)56)62-50(73)42(29-33-16-7-5-8-17-33)65-52(75)45(66-49(41)72)34-18-9-6-10-19-34/h5,7-8,11-12,16-17,20,22,31,34,38-43,45,58-59H,3-4,6,9-10,13-15,18-19,21,23-30H2,1-2H3,(H2,54,69)(H,60,67)(H,61,74)(H,62,73)(H,63,70)(H,64,71)(H,65,75)(H,66,72)(H4,55,56,57)/t38-,39-,40-,41-,42+,43-,45-/m0/s1. The number of benzene rings is 2. The summed E-state index contributed by atoms with van der Waals surface area (Å²) >= 11 is 0. The van der Waals surface area contributed by atoms with E-state index in [-0.39, 0.29) is 70.4 Å². The summed E-state index contributed by atoms with van der Waals surface area (Å²) in [5.41, 5.74) is 21.7. The van der Waals surface area contributed by atoms with E-state index in [0.29, 0.717) is 43.2 Å². The minimum atomic E-state index is -1.38. The second-order valence-corrected chi connectivity index (χ2v) is 19.6. The number of guanidine groups is 1. The lowest BCUT2D eigenvalue weighted by atomic mass is 9.83. The largest absolute Gasteiger partial charge is 0.371 e. The van der Waals surface area contributed by atoms with Gasteiger partial charge in [0.15, 0.2) is 5.96 Å². The number of unbranched alkanes of at least 4 members (excludes halogenated alkanes) is 1. The number of H-pyrrole nitrogens is 1. The Morgan fingerprint density at radius 2 is 1.38 bits per heavy atom.